The number of nitrogens with zero attached hydrogens (tertiary/aromatic N) is 1. The zero-order chi connectivity index (χ0) is 10.7. The molecule has 0 amide bonds. The fourth-order valence-corrected chi connectivity index (χ4v) is 2.63. The Hall–Kier alpha value is -0.120. The van der Waals surface area contributed by atoms with Crippen LogP contribution in [-0.2, 0) is 0 Å². The standard InChI is InChI=1S/C12H25N3/c1-10-6-12(14-7-11-2-3-11)9-15(8-10)5-4-13/h10-12,14H,2-9,13H2,1H3. The Morgan fingerprint density at radius 3 is 2.80 bits per heavy atom. The second-order valence-corrected chi connectivity index (χ2v) is 5.44. The third-order valence-electron chi connectivity index (χ3n) is 3.57. The first-order valence-corrected chi connectivity index (χ1v) is 6.43. The van der Waals surface area contributed by atoms with Gasteiger partial charge in [0.25, 0.3) is 0 Å². The molecule has 1 aliphatic carbocycles. The van der Waals surface area contributed by atoms with Crippen molar-refractivity contribution in [3.63, 3.8) is 0 Å². The molecule has 2 unspecified atom stereocenters. The van der Waals surface area contributed by atoms with E-state index >= 15 is 0 Å². The van der Waals surface area contributed by atoms with Gasteiger partial charge in [-0.2, -0.15) is 0 Å². The van der Waals surface area contributed by atoms with Gasteiger partial charge in [0.1, 0.15) is 0 Å². The minimum atomic E-state index is 0.709. The molecular formula is C12H25N3. The Morgan fingerprint density at radius 1 is 1.33 bits per heavy atom. The summed E-state index contributed by atoms with van der Waals surface area (Å²) in [5, 5.41) is 3.72. The van der Waals surface area contributed by atoms with Gasteiger partial charge in [-0.05, 0) is 37.6 Å². The number of likely N-dealkylation sites (tertiary alicyclic amines) is 1. The number of rotatable bonds is 5. The summed E-state index contributed by atoms with van der Waals surface area (Å²) in [5.41, 5.74) is 5.62. The average Bonchev–Trinajstić information content (AvgIpc) is 2.98. The molecule has 2 atom stereocenters. The summed E-state index contributed by atoms with van der Waals surface area (Å²) in [6.45, 7) is 7.89. The van der Waals surface area contributed by atoms with Crippen LogP contribution in [0.5, 0.6) is 0 Å². The van der Waals surface area contributed by atoms with Gasteiger partial charge < -0.3 is 16.0 Å². The zero-order valence-electron chi connectivity index (χ0n) is 9.91. The quantitative estimate of drug-likeness (QED) is 0.702. The van der Waals surface area contributed by atoms with E-state index in [1.165, 1.54) is 38.9 Å². The lowest BCUT2D eigenvalue weighted by Crippen LogP contribution is -2.50. The van der Waals surface area contributed by atoms with Gasteiger partial charge in [-0.25, -0.2) is 0 Å². The highest BCUT2D eigenvalue weighted by Crippen LogP contribution is 2.28. The number of nitrogens with one attached hydrogen (secondary N) is 1. The van der Waals surface area contributed by atoms with Crippen LogP contribution in [0, 0.1) is 11.8 Å². The molecule has 15 heavy (non-hydrogen) atoms. The van der Waals surface area contributed by atoms with Crippen LogP contribution < -0.4 is 11.1 Å². The zero-order valence-corrected chi connectivity index (χ0v) is 9.91. The summed E-state index contributed by atoms with van der Waals surface area (Å²) in [6, 6.07) is 0.709. The van der Waals surface area contributed by atoms with Gasteiger partial charge in [0.05, 0.1) is 0 Å². The summed E-state index contributed by atoms with van der Waals surface area (Å²) in [5.74, 6) is 1.81. The van der Waals surface area contributed by atoms with Crippen molar-refractivity contribution in [3.8, 4) is 0 Å². The smallest absolute Gasteiger partial charge is 0.0198 e. The highest BCUT2D eigenvalue weighted by molar-refractivity contribution is 4.84. The van der Waals surface area contributed by atoms with Gasteiger partial charge in [-0.15, -0.1) is 0 Å². The van der Waals surface area contributed by atoms with Gasteiger partial charge in [0, 0.05) is 32.2 Å². The summed E-state index contributed by atoms with van der Waals surface area (Å²) in [4.78, 5) is 2.51. The molecule has 3 N–H and O–H groups in total. The SMILES string of the molecule is CC1CC(NCC2CC2)CN(CCN)C1. The van der Waals surface area contributed by atoms with Crippen LogP contribution in [0.3, 0.4) is 0 Å². The molecule has 2 fully saturated rings. The van der Waals surface area contributed by atoms with Gasteiger partial charge >= 0.3 is 0 Å². The Kier molecular flexibility index (Phi) is 4.00. The van der Waals surface area contributed by atoms with Crippen molar-refractivity contribution in [2.75, 3.05) is 32.7 Å². The van der Waals surface area contributed by atoms with Crippen LogP contribution in [0.1, 0.15) is 26.2 Å². The predicted molar refractivity (Wildman–Crippen MR) is 63.8 cm³/mol. The highest BCUT2D eigenvalue weighted by atomic mass is 15.2. The van der Waals surface area contributed by atoms with E-state index in [0.29, 0.717) is 6.04 Å². The van der Waals surface area contributed by atoms with E-state index in [1.807, 2.05) is 0 Å². The maximum absolute atomic E-state index is 5.62. The van der Waals surface area contributed by atoms with Crippen LogP contribution in [0.2, 0.25) is 0 Å². The van der Waals surface area contributed by atoms with Crippen LogP contribution in [-0.4, -0.2) is 43.7 Å². The number of hydrogen-bond donors (Lipinski definition) is 2. The molecule has 88 valence electrons. The molecule has 0 spiro atoms. The van der Waals surface area contributed by atoms with E-state index < -0.39 is 0 Å². The minimum absolute atomic E-state index is 0.709. The first-order valence-electron chi connectivity index (χ1n) is 6.43. The largest absolute Gasteiger partial charge is 0.329 e. The molecule has 3 heteroatoms. The van der Waals surface area contributed by atoms with Crippen LogP contribution in [0.4, 0.5) is 0 Å². The molecule has 0 aromatic rings. The maximum atomic E-state index is 5.62. The molecule has 3 nitrogen and oxygen atoms in total. The normalized spacial score (nSPS) is 33.2. The summed E-state index contributed by atoms with van der Waals surface area (Å²) >= 11 is 0. The summed E-state index contributed by atoms with van der Waals surface area (Å²) in [7, 11) is 0. The lowest BCUT2D eigenvalue weighted by molar-refractivity contribution is 0.152. The molecule has 0 radical (unpaired) electrons. The third-order valence-corrected chi connectivity index (χ3v) is 3.57. The monoisotopic (exact) mass is 211 g/mol. The second kappa shape index (κ2) is 5.28. The Labute approximate surface area is 93.4 Å². The molecule has 0 bridgehead atoms. The van der Waals surface area contributed by atoms with Crippen molar-refractivity contribution in [2.45, 2.75) is 32.2 Å². The Balaban J connectivity index is 1.72. The molecule has 0 aromatic heterocycles. The molecule has 0 aromatic carbocycles. The van der Waals surface area contributed by atoms with Crippen LogP contribution in [0.15, 0.2) is 0 Å². The van der Waals surface area contributed by atoms with E-state index in [1.54, 1.807) is 0 Å². The maximum Gasteiger partial charge on any atom is 0.0198 e. The highest BCUT2D eigenvalue weighted by Gasteiger charge is 2.26. The van der Waals surface area contributed by atoms with Crippen molar-refractivity contribution < 1.29 is 0 Å². The van der Waals surface area contributed by atoms with Crippen molar-refractivity contribution in [1.82, 2.24) is 10.2 Å². The van der Waals surface area contributed by atoms with Crippen molar-refractivity contribution >= 4 is 0 Å². The van der Waals surface area contributed by atoms with E-state index in [2.05, 4.69) is 17.1 Å². The predicted octanol–water partition coefficient (Wildman–Crippen LogP) is 0.655. The van der Waals surface area contributed by atoms with E-state index in [-0.39, 0.29) is 0 Å². The second-order valence-electron chi connectivity index (χ2n) is 5.44. The van der Waals surface area contributed by atoms with Gasteiger partial charge in [0.15, 0.2) is 0 Å². The van der Waals surface area contributed by atoms with E-state index in [0.717, 1.165) is 24.9 Å². The van der Waals surface area contributed by atoms with Crippen molar-refractivity contribution in [3.05, 3.63) is 0 Å². The molecule has 2 rings (SSSR count). The van der Waals surface area contributed by atoms with Gasteiger partial charge in [-0.3, -0.25) is 0 Å². The average molecular weight is 211 g/mol. The molecule has 2 aliphatic rings. The molecular weight excluding hydrogens is 186 g/mol. The summed E-state index contributed by atoms with van der Waals surface area (Å²) in [6.07, 6.45) is 4.23. The first kappa shape index (κ1) is 11.4. The first-order chi connectivity index (χ1) is 7.28. The fraction of sp³-hybridized carbons (Fsp3) is 1.00. The lowest BCUT2D eigenvalue weighted by atomic mass is 9.96. The molecule has 1 saturated carbocycles. The fourth-order valence-electron chi connectivity index (χ4n) is 2.63. The molecule has 1 heterocycles. The van der Waals surface area contributed by atoms with E-state index in [9.17, 15) is 0 Å². The Morgan fingerprint density at radius 2 is 2.13 bits per heavy atom. The number of nitrogens with two attached hydrogens (primary N) is 1. The third kappa shape index (κ3) is 3.74. The van der Waals surface area contributed by atoms with Crippen LogP contribution >= 0.6 is 0 Å². The lowest BCUT2D eigenvalue weighted by Gasteiger charge is -2.36. The number of hydrogen-bond acceptors (Lipinski definition) is 3. The van der Waals surface area contributed by atoms with Gasteiger partial charge in [0.2, 0.25) is 0 Å². The van der Waals surface area contributed by atoms with Crippen molar-refractivity contribution in [1.29, 1.82) is 0 Å². The Bertz CT molecular complexity index is 191. The molecule has 1 aliphatic heterocycles. The molecule has 1 saturated heterocycles. The van der Waals surface area contributed by atoms with Crippen molar-refractivity contribution in [2.24, 2.45) is 17.6 Å². The van der Waals surface area contributed by atoms with E-state index in [4.69, 9.17) is 5.73 Å². The number of piperidine rings is 1. The topological polar surface area (TPSA) is 41.3 Å². The summed E-state index contributed by atoms with van der Waals surface area (Å²) < 4.78 is 0. The van der Waals surface area contributed by atoms with Gasteiger partial charge in [-0.1, -0.05) is 6.92 Å². The minimum Gasteiger partial charge on any atom is -0.329 e. The van der Waals surface area contributed by atoms with Crippen LogP contribution in [0.25, 0.3) is 0 Å².